The summed E-state index contributed by atoms with van der Waals surface area (Å²) in [5, 5.41) is 6.49. The maximum absolute atomic E-state index is 12.7. The second kappa shape index (κ2) is 5.86. The molecule has 24 heavy (non-hydrogen) atoms. The van der Waals surface area contributed by atoms with Gasteiger partial charge in [0.1, 0.15) is 18.3 Å². The molecule has 4 rings (SSSR count). The molecule has 8 heteroatoms. The molecule has 0 N–H and O–H groups in total. The Labute approximate surface area is 142 Å². The van der Waals surface area contributed by atoms with E-state index in [1.54, 1.807) is 23.1 Å². The zero-order valence-electron chi connectivity index (χ0n) is 13.3. The molecule has 3 heterocycles. The van der Waals surface area contributed by atoms with Crippen LogP contribution in [-0.4, -0.2) is 36.2 Å². The Kier molecular flexibility index (Phi) is 3.68. The van der Waals surface area contributed by atoms with Gasteiger partial charge < -0.3 is 4.90 Å². The lowest BCUT2D eigenvalue weighted by Crippen LogP contribution is -2.37. The summed E-state index contributed by atoms with van der Waals surface area (Å²) in [4.78, 5) is 32.5. The molecule has 0 atom stereocenters. The molecule has 0 aliphatic heterocycles. The van der Waals surface area contributed by atoms with Crippen molar-refractivity contribution in [2.45, 2.75) is 32.0 Å². The smallest absolute Gasteiger partial charge is 0.264 e. The standard InChI is InChI=1S/C16H17N5O2S/c1-19-15-13(7-18-19)16(23)20(10-17-15)9-14(22)21(11-4-5-11)8-12-3-2-6-24-12/h2-3,6-7,10-11H,4-5,8-9H2,1H3. The normalized spacial score (nSPS) is 14.2. The van der Waals surface area contributed by atoms with E-state index in [1.165, 1.54) is 17.1 Å². The van der Waals surface area contributed by atoms with Gasteiger partial charge >= 0.3 is 0 Å². The molecule has 1 aliphatic rings. The van der Waals surface area contributed by atoms with E-state index in [1.807, 2.05) is 22.4 Å². The number of hydrogen-bond donors (Lipinski definition) is 0. The van der Waals surface area contributed by atoms with E-state index in [-0.39, 0.29) is 18.0 Å². The van der Waals surface area contributed by atoms with Gasteiger partial charge in [-0.2, -0.15) is 5.10 Å². The number of aryl methyl sites for hydroxylation is 1. The molecule has 0 spiro atoms. The van der Waals surface area contributed by atoms with Gasteiger partial charge in [0.15, 0.2) is 5.65 Å². The van der Waals surface area contributed by atoms with Crippen LogP contribution in [0, 0.1) is 0 Å². The fraction of sp³-hybridized carbons (Fsp3) is 0.375. The van der Waals surface area contributed by atoms with E-state index in [2.05, 4.69) is 10.1 Å². The highest BCUT2D eigenvalue weighted by Crippen LogP contribution is 2.29. The average molecular weight is 343 g/mol. The number of fused-ring (bicyclic) bond motifs is 1. The van der Waals surface area contributed by atoms with Crippen LogP contribution in [0.2, 0.25) is 0 Å². The molecule has 1 aliphatic carbocycles. The van der Waals surface area contributed by atoms with E-state index in [4.69, 9.17) is 0 Å². The second-order valence-corrected chi connectivity index (χ2v) is 7.05. The third kappa shape index (κ3) is 2.73. The summed E-state index contributed by atoms with van der Waals surface area (Å²) in [5.74, 6) is -0.0435. The molecule has 1 amide bonds. The number of rotatable bonds is 5. The third-order valence-corrected chi connectivity index (χ3v) is 5.10. The monoisotopic (exact) mass is 343 g/mol. The van der Waals surface area contributed by atoms with Crippen LogP contribution in [0.25, 0.3) is 11.0 Å². The van der Waals surface area contributed by atoms with Gasteiger partial charge in [-0.25, -0.2) is 4.98 Å². The number of thiophene rings is 1. The number of aromatic nitrogens is 4. The number of carbonyl (C=O) groups is 1. The summed E-state index contributed by atoms with van der Waals surface area (Å²) < 4.78 is 2.92. The molecular formula is C16H17N5O2S. The van der Waals surface area contributed by atoms with Crippen molar-refractivity contribution in [2.24, 2.45) is 7.05 Å². The molecule has 0 bridgehead atoms. The fourth-order valence-electron chi connectivity index (χ4n) is 2.79. The summed E-state index contributed by atoms with van der Waals surface area (Å²) >= 11 is 1.64. The topological polar surface area (TPSA) is 73.0 Å². The van der Waals surface area contributed by atoms with Crippen molar-refractivity contribution in [1.82, 2.24) is 24.2 Å². The Balaban J connectivity index is 1.58. The summed E-state index contributed by atoms with van der Waals surface area (Å²) in [7, 11) is 1.74. The van der Waals surface area contributed by atoms with Crippen molar-refractivity contribution in [3.8, 4) is 0 Å². The quantitative estimate of drug-likeness (QED) is 0.702. The summed E-state index contributed by atoms with van der Waals surface area (Å²) in [5.41, 5.74) is 0.301. The summed E-state index contributed by atoms with van der Waals surface area (Å²) in [6.07, 6.45) is 4.99. The first kappa shape index (κ1) is 15.1. The number of nitrogens with zero attached hydrogens (tertiary/aromatic N) is 5. The lowest BCUT2D eigenvalue weighted by Gasteiger charge is -2.22. The van der Waals surface area contributed by atoms with Crippen molar-refractivity contribution in [1.29, 1.82) is 0 Å². The molecule has 124 valence electrons. The number of hydrogen-bond acceptors (Lipinski definition) is 5. The van der Waals surface area contributed by atoms with Crippen LogP contribution in [0.5, 0.6) is 0 Å². The van der Waals surface area contributed by atoms with Gasteiger partial charge in [0.25, 0.3) is 5.56 Å². The number of amides is 1. The third-order valence-electron chi connectivity index (χ3n) is 4.24. The Hall–Kier alpha value is -2.48. The molecule has 0 unspecified atom stereocenters. The average Bonchev–Trinajstić information content (AvgIpc) is 3.14. The first-order valence-electron chi connectivity index (χ1n) is 7.82. The molecule has 1 fully saturated rings. The molecule has 7 nitrogen and oxygen atoms in total. The van der Waals surface area contributed by atoms with Gasteiger partial charge in [-0.05, 0) is 24.3 Å². The maximum atomic E-state index is 12.7. The fourth-order valence-corrected chi connectivity index (χ4v) is 3.50. The lowest BCUT2D eigenvalue weighted by atomic mass is 10.3. The van der Waals surface area contributed by atoms with Crippen LogP contribution in [-0.2, 0) is 24.9 Å². The molecule has 1 saturated carbocycles. The van der Waals surface area contributed by atoms with Gasteiger partial charge in [-0.15, -0.1) is 11.3 Å². The minimum absolute atomic E-state index is 0.0124. The van der Waals surface area contributed by atoms with Crippen molar-refractivity contribution >= 4 is 28.3 Å². The molecular weight excluding hydrogens is 326 g/mol. The largest absolute Gasteiger partial charge is 0.333 e. The van der Waals surface area contributed by atoms with Crippen LogP contribution >= 0.6 is 11.3 Å². The minimum Gasteiger partial charge on any atom is -0.333 e. The van der Waals surface area contributed by atoms with Gasteiger partial charge in [0, 0.05) is 18.0 Å². The Morgan fingerprint density at radius 3 is 3.00 bits per heavy atom. The molecule has 0 saturated heterocycles. The maximum Gasteiger partial charge on any atom is 0.264 e. The Morgan fingerprint density at radius 2 is 2.29 bits per heavy atom. The predicted molar refractivity (Wildman–Crippen MR) is 90.7 cm³/mol. The SMILES string of the molecule is Cn1ncc2c(=O)n(CC(=O)N(Cc3cccs3)C3CC3)cnc21. The summed E-state index contributed by atoms with van der Waals surface area (Å²) in [6, 6.07) is 4.31. The zero-order valence-corrected chi connectivity index (χ0v) is 14.1. The van der Waals surface area contributed by atoms with E-state index < -0.39 is 0 Å². The predicted octanol–water partition coefficient (Wildman–Crippen LogP) is 1.38. The van der Waals surface area contributed by atoms with E-state index in [0.717, 1.165) is 17.7 Å². The van der Waals surface area contributed by atoms with Crippen molar-refractivity contribution < 1.29 is 4.79 Å². The first-order chi connectivity index (χ1) is 11.6. The Bertz CT molecular complexity index is 939. The van der Waals surface area contributed by atoms with E-state index in [9.17, 15) is 9.59 Å². The summed E-state index contributed by atoms with van der Waals surface area (Å²) in [6.45, 7) is 0.622. The van der Waals surface area contributed by atoms with Crippen molar-refractivity contribution in [3.63, 3.8) is 0 Å². The molecule has 3 aromatic heterocycles. The van der Waals surface area contributed by atoms with Gasteiger partial charge in [-0.3, -0.25) is 18.8 Å². The van der Waals surface area contributed by atoms with Gasteiger partial charge in [-0.1, -0.05) is 6.07 Å². The highest BCUT2D eigenvalue weighted by Gasteiger charge is 2.32. The van der Waals surface area contributed by atoms with Crippen molar-refractivity contribution in [2.75, 3.05) is 0 Å². The van der Waals surface area contributed by atoms with E-state index in [0.29, 0.717) is 23.6 Å². The molecule has 3 aromatic rings. The van der Waals surface area contributed by atoms with Crippen molar-refractivity contribution in [3.05, 3.63) is 45.3 Å². The van der Waals surface area contributed by atoms with E-state index >= 15 is 0 Å². The van der Waals surface area contributed by atoms with Gasteiger partial charge in [0.2, 0.25) is 5.91 Å². The highest BCUT2D eigenvalue weighted by molar-refractivity contribution is 7.09. The first-order valence-corrected chi connectivity index (χ1v) is 8.70. The van der Waals surface area contributed by atoms with Crippen LogP contribution in [0.15, 0.2) is 34.8 Å². The molecule has 0 aromatic carbocycles. The van der Waals surface area contributed by atoms with Gasteiger partial charge in [0.05, 0.1) is 12.7 Å². The Morgan fingerprint density at radius 1 is 1.46 bits per heavy atom. The van der Waals surface area contributed by atoms with Crippen LogP contribution in [0.1, 0.15) is 17.7 Å². The lowest BCUT2D eigenvalue weighted by molar-refractivity contribution is -0.133. The van der Waals surface area contributed by atoms with Crippen LogP contribution < -0.4 is 5.56 Å². The minimum atomic E-state index is -0.228. The highest BCUT2D eigenvalue weighted by atomic mass is 32.1. The second-order valence-electron chi connectivity index (χ2n) is 6.02. The van der Waals surface area contributed by atoms with Crippen LogP contribution in [0.4, 0.5) is 0 Å². The number of carbonyl (C=O) groups excluding carboxylic acids is 1. The van der Waals surface area contributed by atoms with Crippen LogP contribution in [0.3, 0.4) is 0 Å². The molecule has 0 radical (unpaired) electrons. The zero-order chi connectivity index (χ0) is 16.7.